The Bertz CT molecular complexity index is 741. The van der Waals surface area contributed by atoms with Crippen LogP contribution in [0.15, 0.2) is 10.6 Å². The van der Waals surface area contributed by atoms with Gasteiger partial charge in [-0.15, -0.1) is 0 Å². The number of imide groups is 1. The number of carbonyl (C=O) groups excluding carboxylic acids is 3. The molecule has 2 aliphatic rings. The van der Waals surface area contributed by atoms with E-state index < -0.39 is 24.1 Å². The van der Waals surface area contributed by atoms with Crippen LogP contribution in [0.4, 0.5) is 4.79 Å². The zero-order valence-electron chi connectivity index (χ0n) is 15.6. The highest BCUT2D eigenvalue weighted by molar-refractivity contribution is 6.08. The minimum atomic E-state index is -0.915. The van der Waals surface area contributed by atoms with E-state index in [9.17, 15) is 14.4 Å². The molecule has 1 saturated carbocycles. The lowest BCUT2D eigenvalue weighted by Gasteiger charge is -2.43. The van der Waals surface area contributed by atoms with Gasteiger partial charge in [-0.2, -0.15) is 0 Å². The quantitative estimate of drug-likeness (QED) is 0.650. The molecule has 1 aromatic heterocycles. The first kappa shape index (κ1) is 18.4. The van der Waals surface area contributed by atoms with E-state index in [4.69, 9.17) is 9.26 Å². The summed E-state index contributed by atoms with van der Waals surface area (Å²) in [5.41, 5.74) is -0.490. The average molecular weight is 363 g/mol. The van der Waals surface area contributed by atoms with Crippen LogP contribution in [-0.4, -0.2) is 40.0 Å². The van der Waals surface area contributed by atoms with Gasteiger partial charge in [0, 0.05) is 6.07 Å². The zero-order valence-corrected chi connectivity index (χ0v) is 15.6. The Morgan fingerprint density at radius 2 is 2.15 bits per heavy atom. The molecule has 0 bridgehead atoms. The van der Waals surface area contributed by atoms with Crippen molar-refractivity contribution in [1.82, 2.24) is 15.4 Å². The summed E-state index contributed by atoms with van der Waals surface area (Å²) in [6, 6.07) is 1.12. The highest BCUT2D eigenvalue weighted by Crippen LogP contribution is 2.46. The molecule has 1 N–H and O–H groups in total. The van der Waals surface area contributed by atoms with Crippen molar-refractivity contribution in [3.05, 3.63) is 17.5 Å². The highest BCUT2D eigenvalue weighted by atomic mass is 16.5. The topological polar surface area (TPSA) is 102 Å². The molecule has 0 aromatic carbocycles. The van der Waals surface area contributed by atoms with Gasteiger partial charge in [-0.05, 0) is 37.5 Å². The summed E-state index contributed by atoms with van der Waals surface area (Å²) in [5, 5.41) is 6.57. The van der Waals surface area contributed by atoms with Crippen LogP contribution in [0, 0.1) is 18.3 Å². The molecule has 8 heteroatoms. The molecule has 2 fully saturated rings. The number of aromatic nitrogens is 1. The first-order chi connectivity index (χ1) is 12.1. The summed E-state index contributed by atoms with van der Waals surface area (Å²) in [7, 11) is 0. The summed E-state index contributed by atoms with van der Waals surface area (Å²) in [6.45, 7) is 7.55. The molecule has 2 heterocycles. The van der Waals surface area contributed by atoms with Crippen molar-refractivity contribution in [3.63, 3.8) is 0 Å². The van der Waals surface area contributed by atoms with Crippen molar-refractivity contribution in [1.29, 1.82) is 0 Å². The molecule has 0 radical (unpaired) electrons. The Kier molecular flexibility index (Phi) is 4.54. The third kappa shape index (κ3) is 3.59. The fourth-order valence-electron chi connectivity index (χ4n) is 4.46. The normalized spacial score (nSPS) is 27.7. The summed E-state index contributed by atoms with van der Waals surface area (Å²) in [4.78, 5) is 38.3. The molecule has 3 rings (SSSR count). The molecule has 26 heavy (non-hydrogen) atoms. The van der Waals surface area contributed by atoms with Crippen LogP contribution in [0.5, 0.6) is 0 Å². The van der Waals surface area contributed by atoms with Gasteiger partial charge in [0.2, 0.25) is 0 Å². The number of hydrogen-bond donors (Lipinski definition) is 1. The van der Waals surface area contributed by atoms with E-state index in [-0.39, 0.29) is 17.9 Å². The lowest BCUT2D eigenvalue weighted by atomic mass is 9.64. The molecular formula is C18H25N3O5. The maximum Gasteiger partial charge on any atom is 0.326 e. The second-order valence-corrected chi connectivity index (χ2v) is 8.35. The number of amides is 3. The van der Waals surface area contributed by atoms with Crippen LogP contribution >= 0.6 is 0 Å². The van der Waals surface area contributed by atoms with E-state index in [1.807, 2.05) is 0 Å². The lowest BCUT2D eigenvalue weighted by Crippen LogP contribution is -2.54. The van der Waals surface area contributed by atoms with Crippen LogP contribution in [-0.2, 0) is 20.9 Å². The van der Waals surface area contributed by atoms with Gasteiger partial charge >= 0.3 is 12.0 Å². The molecule has 1 aliphatic carbocycles. The number of esters is 1. The van der Waals surface area contributed by atoms with Crippen LogP contribution in [0.25, 0.3) is 0 Å². The van der Waals surface area contributed by atoms with Crippen molar-refractivity contribution in [2.75, 3.05) is 6.54 Å². The number of aryl methyl sites for hydroxylation is 1. The van der Waals surface area contributed by atoms with E-state index in [0.717, 1.165) is 11.3 Å². The highest BCUT2D eigenvalue weighted by Gasteiger charge is 2.56. The van der Waals surface area contributed by atoms with Crippen LogP contribution in [0.3, 0.4) is 0 Å². The van der Waals surface area contributed by atoms with Gasteiger partial charge < -0.3 is 14.6 Å². The van der Waals surface area contributed by atoms with Gasteiger partial charge in [0.25, 0.3) is 5.91 Å². The van der Waals surface area contributed by atoms with Crippen molar-refractivity contribution in [3.8, 4) is 0 Å². The number of urea groups is 1. The Hall–Kier alpha value is -2.38. The molecule has 1 saturated heterocycles. The Morgan fingerprint density at radius 1 is 1.42 bits per heavy atom. The number of hydrogen-bond acceptors (Lipinski definition) is 6. The number of rotatable bonds is 4. The summed E-state index contributed by atoms with van der Waals surface area (Å²) >= 11 is 0. The molecule has 2 atom stereocenters. The smallest absolute Gasteiger partial charge is 0.326 e. The summed E-state index contributed by atoms with van der Waals surface area (Å²) in [6.07, 6.45) is 2.15. The number of carbonyl (C=O) groups is 3. The predicted molar refractivity (Wildman–Crippen MR) is 90.8 cm³/mol. The van der Waals surface area contributed by atoms with E-state index in [1.54, 1.807) is 13.0 Å². The number of ether oxygens (including phenoxy) is 1. The minimum Gasteiger partial charge on any atom is -0.458 e. The molecule has 142 valence electrons. The minimum absolute atomic E-state index is 0.0536. The van der Waals surface area contributed by atoms with Gasteiger partial charge in [-0.25, -0.2) is 4.79 Å². The maximum absolute atomic E-state index is 12.9. The van der Waals surface area contributed by atoms with Crippen molar-refractivity contribution >= 4 is 17.9 Å². The second kappa shape index (κ2) is 6.41. The molecule has 8 nitrogen and oxygen atoms in total. The van der Waals surface area contributed by atoms with Gasteiger partial charge in [0.15, 0.2) is 0 Å². The van der Waals surface area contributed by atoms with Crippen LogP contribution < -0.4 is 5.32 Å². The third-order valence-corrected chi connectivity index (χ3v) is 4.97. The molecule has 0 unspecified atom stereocenters. The fraction of sp³-hybridized carbons (Fsp3) is 0.667. The predicted octanol–water partition coefficient (Wildman–Crippen LogP) is 2.16. The average Bonchev–Trinajstić information content (AvgIpc) is 3.00. The standard InChI is InChI=1S/C18H25N3O5/c1-11-6-17(3,4)10-18(7-11)15(23)21(16(24)19-18)8-14(22)25-9-13-5-12(2)26-20-13/h5,11H,6-10H2,1-4H3,(H,19,24)/t11-,18+/m1/s1. The Labute approximate surface area is 152 Å². The van der Waals surface area contributed by atoms with Crippen molar-refractivity contribution in [2.45, 2.75) is 59.1 Å². The first-order valence-electron chi connectivity index (χ1n) is 8.82. The molecule has 1 spiro atoms. The monoisotopic (exact) mass is 363 g/mol. The van der Waals surface area contributed by atoms with Gasteiger partial charge in [-0.1, -0.05) is 25.9 Å². The van der Waals surface area contributed by atoms with Crippen molar-refractivity contribution < 1.29 is 23.6 Å². The molecular weight excluding hydrogens is 338 g/mol. The van der Waals surface area contributed by atoms with E-state index >= 15 is 0 Å². The lowest BCUT2D eigenvalue weighted by molar-refractivity contribution is -0.149. The summed E-state index contributed by atoms with van der Waals surface area (Å²) in [5.74, 6) is -0.0721. The molecule has 1 aromatic rings. The Balaban J connectivity index is 1.64. The van der Waals surface area contributed by atoms with Crippen LogP contribution in [0.1, 0.15) is 51.5 Å². The first-order valence-corrected chi connectivity index (χ1v) is 8.82. The third-order valence-electron chi connectivity index (χ3n) is 4.97. The SMILES string of the molecule is Cc1cc(COC(=O)CN2C(=O)N[C@]3(C[C@H](C)CC(C)(C)C3)C2=O)no1. The fourth-order valence-corrected chi connectivity index (χ4v) is 4.46. The zero-order chi connectivity index (χ0) is 19.1. The van der Waals surface area contributed by atoms with Gasteiger partial charge in [0.05, 0.1) is 0 Å². The van der Waals surface area contributed by atoms with Gasteiger partial charge in [0.1, 0.15) is 30.1 Å². The summed E-state index contributed by atoms with van der Waals surface area (Å²) < 4.78 is 10.0. The second-order valence-electron chi connectivity index (χ2n) is 8.35. The van der Waals surface area contributed by atoms with Crippen LogP contribution in [0.2, 0.25) is 0 Å². The van der Waals surface area contributed by atoms with E-state index in [2.05, 4.69) is 31.2 Å². The van der Waals surface area contributed by atoms with Crippen molar-refractivity contribution in [2.24, 2.45) is 11.3 Å². The van der Waals surface area contributed by atoms with E-state index in [0.29, 0.717) is 30.2 Å². The molecule has 3 amide bonds. The maximum atomic E-state index is 12.9. The Morgan fingerprint density at radius 3 is 2.77 bits per heavy atom. The number of nitrogens with zero attached hydrogens (tertiary/aromatic N) is 2. The van der Waals surface area contributed by atoms with Gasteiger partial charge in [-0.3, -0.25) is 14.5 Å². The molecule has 1 aliphatic heterocycles. The number of nitrogens with one attached hydrogen (secondary N) is 1. The largest absolute Gasteiger partial charge is 0.458 e. The van der Waals surface area contributed by atoms with E-state index in [1.165, 1.54) is 0 Å².